The Bertz CT molecular complexity index is 337. The highest BCUT2D eigenvalue weighted by Crippen LogP contribution is 2.18. The van der Waals surface area contributed by atoms with Crippen molar-refractivity contribution in [3.8, 4) is 0 Å². The summed E-state index contributed by atoms with van der Waals surface area (Å²) in [4.78, 5) is 2.29. The molecule has 0 aromatic carbocycles. The van der Waals surface area contributed by atoms with Crippen LogP contribution in [0.25, 0.3) is 0 Å². The van der Waals surface area contributed by atoms with E-state index in [0.717, 1.165) is 18.8 Å². The molecular weight excluding hydrogens is 206 g/mol. The summed E-state index contributed by atoms with van der Waals surface area (Å²) < 4.78 is 10.9. The highest BCUT2D eigenvalue weighted by molar-refractivity contribution is 5.14. The standard InChI is InChI=1S/C12H19NO3/c1-9-3-4-15-12(9)6-13-5-11(7-14)16-8-10(13)2/h3-4,10-11,14H,5-8H2,1-2H3. The van der Waals surface area contributed by atoms with Gasteiger partial charge in [-0.1, -0.05) is 0 Å². The molecule has 90 valence electrons. The number of rotatable bonds is 3. The number of hydrogen-bond donors (Lipinski definition) is 1. The van der Waals surface area contributed by atoms with E-state index in [-0.39, 0.29) is 12.7 Å². The van der Waals surface area contributed by atoms with Gasteiger partial charge in [0.1, 0.15) is 5.76 Å². The first-order valence-corrected chi connectivity index (χ1v) is 5.70. The molecule has 2 atom stereocenters. The topological polar surface area (TPSA) is 45.8 Å². The predicted molar refractivity (Wildman–Crippen MR) is 60.1 cm³/mol. The fraction of sp³-hybridized carbons (Fsp3) is 0.667. The Morgan fingerprint density at radius 1 is 1.56 bits per heavy atom. The van der Waals surface area contributed by atoms with Gasteiger partial charge in [-0.05, 0) is 25.5 Å². The summed E-state index contributed by atoms with van der Waals surface area (Å²) in [6.07, 6.45) is 1.66. The van der Waals surface area contributed by atoms with Gasteiger partial charge in [-0.15, -0.1) is 0 Å². The van der Waals surface area contributed by atoms with Gasteiger partial charge in [0.15, 0.2) is 0 Å². The summed E-state index contributed by atoms with van der Waals surface area (Å²) >= 11 is 0. The third-order valence-electron chi connectivity index (χ3n) is 3.15. The van der Waals surface area contributed by atoms with Gasteiger partial charge in [0.2, 0.25) is 0 Å². The van der Waals surface area contributed by atoms with Crippen LogP contribution in [0.5, 0.6) is 0 Å². The molecule has 2 unspecified atom stereocenters. The van der Waals surface area contributed by atoms with Crippen molar-refractivity contribution in [2.24, 2.45) is 0 Å². The second-order valence-electron chi connectivity index (χ2n) is 4.44. The quantitative estimate of drug-likeness (QED) is 0.838. The molecule has 1 aromatic heterocycles. The van der Waals surface area contributed by atoms with E-state index in [1.54, 1.807) is 6.26 Å². The fourth-order valence-corrected chi connectivity index (χ4v) is 1.96. The van der Waals surface area contributed by atoms with Crippen LogP contribution in [0.2, 0.25) is 0 Å². The molecule has 1 aromatic rings. The number of morpholine rings is 1. The molecule has 4 heteroatoms. The number of ether oxygens (including phenoxy) is 1. The highest BCUT2D eigenvalue weighted by Gasteiger charge is 2.26. The van der Waals surface area contributed by atoms with E-state index in [0.29, 0.717) is 12.6 Å². The third-order valence-corrected chi connectivity index (χ3v) is 3.15. The van der Waals surface area contributed by atoms with E-state index < -0.39 is 0 Å². The summed E-state index contributed by atoms with van der Waals surface area (Å²) in [7, 11) is 0. The highest BCUT2D eigenvalue weighted by atomic mass is 16.5. The zero-order valence-corrected chi connectivity index (χ0v) is 9.85. The molecule has 0 aliphatic carbocycles. The molecule has 0 amide bonds. The molecule has 0 spiro atoms. The lowest BCUT2D eigenvalue weighted by molar-refractivity contribution is -0.0820. The lowest BCUT2D eigenvalue weighted by atomic mass is 10.1. The molecule has 1 aliphatic heterocycles. The van der Waals surface area contributed by atoms with Crippen molar-refractivity contribution in [1.29, 1.82) is 0 Å². The van der Waals surface area contributed by atoms with Crippen molar-refractivity contribution < 1.29 is 14.3 Å². The maximum absolute atomic E-state index is 9.10. The number of aliphatic hydroxyl groups is 1. The van der Waals surface area contributed by atoms with Crippen molar-refractivity contribution >= 4 is 0 Å². The molecule has 0 bridgehead atoms. The van der Waals surface area contributed by atoms with Crippen LogP contribution in [0.15, 0.2) is 16.7 Å². The third kappa shape index (κ3) is 2.45. The van der Waals surface area contributed by atoms with E-state index in [1.807, 2.05) is 13.0 Å². The number of aliphatic hydroxyl groups excluding tert-OH is 1. The molecule has 1 saturated heterocycles. The molecule has 1 aliphatic rings. The van der Waals surface area contributed by atoms with Crippen LogP contribution in [0.3, 0.4) is 0 Å². The fourth-order valence-electron chi connectivity index (χ4n) is 1.96. The van der Waals surface area contributed by atoms with Crippen LogP contribution in [-0.2, 0) is 11.3 Å². The van der Waals surface area contributed by atoms with Crippen LogP contribution in [0, 0.1) is 6.92 Å². The predicted octanol–water partition coefficient (Wildman–Crippen LogP) is 1.17. The maximum Gasteiger partial charge on any atom is 0.120 e. The number of aryl methyl sites for hydroxylation is 1. The van der Waals surface area contributed by atoms with Crippen molar-refractivity contribution in [3.05, 3.63) is 23.7 Å². The minimum Gasteiger partial charge on any atom is -0.468 e. The molecule has 0 saturated carbocycles. The van der Waals surface area contributed by atoms with Gasteiger partial charge in [-0.3, -0.25) is 4.90 Å². The Morgan fingerprint density at radius 2 is 2.38 bits per heavy atom. The monoisotopic (exact) mass is 225 g/mol. The van der Waals surface area contributed by atoms with Crippen molar-refractivity contribution in [2.45, 2.75) is 32.5 Å². The van der Waals surface area contributed by atoms with Crippen molar-refractivity contribution in [3.63, 3.8) is 0 Å². The zero-order chi connectivity index (χ0) is 11.5. The van der Waals surface area contributed by atoms with Crippen molar-refractivity contribution in [1.82, 2.24) is 4.90 Å². The van der Waals surface area contributed by atoms with Gasteiger partial charge in [0, 0.05) is 12.6 Å². The minimum absolute atomic E-state index is 0.0635. The number of nitrogens with zero attached hydrogens (tertiary/aromatic N) is 1. The van der Waals surface area contributed by atoms with Crippen LogP contribution < -0.4 is 0 Å². The average molecular weight is 225 g/mol. The molecule has 1 fully saturated rings. The molecule has 0 radical (unpaired) electrons. The van der Waals surface area contributed by atoms with Gasteiger partial charge < -0.3 is 14.3 Å². The SMILES string of the molecule is Cc1ccoc1CN1CC(CO)OCC1C. The molecule has 4 nitrogen and oxygen atoms in total. The average Bonchev–Trinajstić information content (AvgIpc) is 2.68. The maximum atomic E-state index is 9.10. The van der Waals surface area contributed by atoms with Gasteiger partial charge >= 0.3 is 0 Å². The zero-order valence-electron chi connectivity index (χ0n) is 9.85. The summed E-state index contributed by atoms with van der Waals surface area (Å²) in [5.74, 6) is 1.01. The Balaban J connectivity index is 1.99. The number of hydrogen-bond acceptors (Lipinski definition) is 4. The van der Waals surface area contributed by atoms with Crippen LogP contribution in [0.1, 0.15) is 18.2 Å². The first-order chi connectivity index (χ1) is 7.70. The summed E-state index contributed by atoms with van der Waals surface area (Å²) in [5, 5.41) is 9.10. The lowest BCUT2D eigenvalue weighted by Gasteiger charge is -2.36. The van der Waals surface area contributed by atoms with Gasteiger partial charge in [0.25, 0.3) is 0 Å². The van der Waals surface area contributed by atoms with E-state index in [4.69, 9.17) is 14.3 Å². The Morgan fingerprint density at radius 3 is 3.00 bits per heavy atom. The van der Waals surface area contributed by atoms with E-state index in [9.17, 15) is 0 Å². The molecule has 16 heavy (non-hydrogen) atoms. The van der Waals surface area contributed by atoms with Crippen LogP contribution in [0.4, 0.5) is 0 Å². The molecule has 2 rings (SSSR count). The normalized spacial score (nSPS) is 27.2. The second-order valence-corrected chi connectivity index (χ2v) is 4.44. The first-order valence-electron chi connectivity index (χ1n) is 5.70. The largest absolute Gasteiger partial charge is 0.468 e. The second kappa shape index (κ2) is 4.99. The summed E-state index contributed by atoms with van der Waals surface area (Å²) in [5.41, 5.74) is 1.18. The Hall–Kier alpha value is -0.840. The van der Waals surface area contributed by atoms with Gasteiger partial charge in [-0.25, -0.2) is 0 Å². The van der Waals surface area contributed by atoms with Crippen LogP contribution in [-0.4, -0.2) is 41.9 Å². The Labute approximate surface area is 95.8 Å². The van der Waals surface area contributed by atoms with E-state index >= 15 is 0 Å². The van der Waals surface area contributed by atoms with Gasteiger partial charge in [0.05, 0.1) is 32.1 Å². The summed E-state index contributed by atoms with van der Waals surface area (Å²) in [6, 6.07) is 2.34. The molecular formula is C12H19NO3. The summed E-state index contributed by atoms with van der Waals surface area (Å²) in [6.45, 7) is 6.49. The van der Waals surface area contributed by atoms with Crippen molar-refractivity contribution in [2.75, 3.05) is 19.8 Å². The Kier molecular flexibility index (Phi) is 3.63. The van der Waals surface area contributed by atoms with E-state index in [1.165, 1.54) is 5.56 Å². The molecule has 2 heterocycles. The first kappa shape index (κ1) is 11.6. The molecule has 1 N–H and O–H groups in total. The van der Waals surface area contributed by atoms with Crippen LogP contribution >= 0.6 is 0 Å². The smallest absolute Gasteiger partial charge is 0.120 e. The number of furan rings is 1. The lowest BCUT2D eigenvalue weighted by Crippen LogP contribution is -2.48. The minimum atomic E-state index is -0.0635. The van der Waals surface area contributed by atoms with E-state index in [2.05, 4.69) is 11.8 Å². The van der Waals surface area contributed by atoms with Gasteiger partial charge in [-0.2, -0.15) is 0 Å².